The van der Waals surface area contributed by atoms with Crippen LogP contribution in [0.5, 0.6) is 5.75 Å². The van der Waals surface area contributed by atoms with Gasteiger partial charge in [0.1, 0.15) is 11.6 Å². The van der Waals surface area contributed by atoms with E-state index in [1.807, 2.05) is 24.4 Å². The van der Waals surface area contributed by atoms with Crippen molar-refractivity contribution in [3.63, 3.8) is 0 Å². The first-order valence-electron chi connectivity index (χ1n) is 10.8. The van der Waals surface area contributed by atoms with Gasteiger partial charge >= 0.3 is 0 Å². The van der Waals surface area contributed by atoms with E-state index in [2.05, 4.69) is 46.1 Å². The summed E-state index contributed by atoms with van der Waals surface area (Å²) in [5.41, 5.74) is 4.71. The molecule has 0 atom stereocenters. The van der Waals surface area contributed by atoms with Crippen molar-refractivity contribution in [2.75, 3.05) is 33.2 Å². The molecule has 0 bridgehead atoms. The lowest BCUT2D eigenvalue weighted by Gasteiger charge is -2.32. The third kappa shape index (κ3) is 5.65. The number of phenols is 1. The van der Waals surface area contributed by atoms with Crippen LogP contribution >= 0.6 is 0 Å². The lowest BCUT2D eigenvalue weighted by molar-refractivity contribution is 0.148. The van der Waals surface area contributed by atoms with Crippen LogP contribution in [0, 0.1) is 0 Å². The topological polar surface area (TPSA) is 52.5 Å². The predicted molar refractivity (Wildman–Crippen MR) is 120 cm³/mol. The highest BCUT2D eigenvalue weighted by atomic mass is 16.3. The molecule has 0 aliphatic carbocycles. The molecule has 5 heteroatoms. The number of hydrogen-bond acceptors (Lipinski definition) is 5. The van der Waals surface area contributed by atoms with E-state index in [1.165, 1.54) is 11.1 Å². The maximum absolute atomic E-state index is 9.40. The summed E-state index contributed by atoms with van der Waals surface area (Å²) in [5.74, 6) is 1.19. The molecule has 1 N–H and O–H groups in total. The largest absolute Gasteiger partial charge is 0.508 e. The first-order valence-corrected chi connectivity index (χ1v) is 10.8. The second kappa shape index (κ2) is 9.83. The smallest absolute Gasteiger partial charge is 0.128 e. The van der Waals surface area contributed by atoms with Crippen LogP contribution in [0.15, 0.2) is 60.8 Å². The molecule has 4 rings (SSSR count). The molecule has 156 valence electrons. The van der Waals surface area contributed by atoms with Crippen molar-refractivity contribution in [3.05, 3.63) is 77.7 Å². The van der Waals surface area contributed by atoms with E-state index < -0.39 is 0 Å². The first-order chi connectivity index (χ1) is 14.7. The van der Waals surface area contributed by atoms with Crippen molar-refractivity contribution in [2.24, 2.45) is 0 Å². The molecule has 0 unspecified atom stereocenters. The predicted octanol–water partition coefficient (Wildman–Crippen LogP) is 3.77. The molecular formula is C25H30N4O. The van der Waals surface area contributed by atoms with Crippen molar-refractivity contribution < 1.29 is 5.11 Å². The summed E-state index contributed by atoms with van der Waals surface area (Å²) < 4.78 is 0. The molecule has 0 radical (unpaired) electrons. The van der Waals surface area contributed by atoms with Gasteiger partial charge in [0, 0.05) is 50.9 Å². The van der Waals surface area contributed by atoms with E-state index in [1.54, 1.807) is 12.1 Å². The molecule has 0 saturated carbocycles. The van der Waals surface area contributed by atoms with Gasteiger partial charge in [-0.05, 0) is 55.3 Å². The fraction of sp³-hybridized carbons (Fsp3) is 0.360. The van der Waals surface area contributed by atoms with Crippen molar-refractivity contribution in [1.29, 1.82) is 0 Å². The van der Waals surface area contributed by atoms with Crippen LogP contribution in [0.1, 0.15) is 23.4 Å². The minimum Gasteiger partial charge on any atom is -0.508 e. The zero-order chi connectivity index (χ0) is 20.8. The van der Waals surface area contributed by atoms with Crippen molar-refractivity contribution >= 4 is 0 Å². The van der Waals surface area contributed by atoms with Crippen LogP contribution in [-0.4, -0.2) is 58.1 Å². The fourth-order valence-corrected chi connectivity index (χ4v) is 3.89. The van der Waals surface area contributed by atoms with Gasteiger partial charge in [0.15, 0.2) is 0 Å². The van der Waals surface area contributed by atoms with Crippen LogP contribution in [0.4, 0.5) is 0 Å². The van der Waals surface area contributed by atoms with Gasteiger partial charge in [0.2, 0.25) is 0 Å². The van der Waals surface area contributed by atoms with Crippen molar-refractivity contribution in [3.8, 4) is 17.0 Å². The Kier molecular flexibility index (Phi) is 6.72. The number of likely N-dealkylation sites (N-methyl/N-ethyl adjacent to an activating group) is 1. The third-order valence-electron chi connectivity index (χ3n) is 5.73. The molecule has 1 aromatic heterocycles. The lowest BCUT2D eigenvalue weighted by atomic mass is 10.1. The van der Waals surface area contributed by atoms with Gasteiger partial charge in [0.05, 0.1) is 5.69 Å². The quantitative estimate of drug-likeness (QED) is 0.652. The van der Waals surface area contributed by atoms with Gasteiger partial charge in [0.25, 0.3) is 0 Å². The normalized spacial score (nSPS) is 15.4. The van der Waals surface area contributed by atoms with Gasteiger partial charge in [-0.2, -0.15) is 0 Å². The lowest BCUT2D eigenvalue weighted by Crippen LogP contribution is -2.43. The standard InChI is InChI=1S/C25H30N4O/c1-28-14-16-29(17-15-28)19-21-5-2-6-22(18-21)24-12-13-26-25(27-24)7-3-4-20-8-10-23(30)11-9-20/h2,5-6,8-13,18,30H,3-4,7,14-17,19H2,1H3. The van der Waals surface area contributed by atoms with Crippen LogP contribution in [0.2, 0.25) is 0 Å². The highest BCUT2D eigenvalue weighted by Gasteiger charge is 2.14. The summed E-state index contributed by atoms with van der Waals surface area (Å²) in [4.78, 5) is 14.2. The van der Waals surface area contributed by atoms with E-state index >= 15 is 0 Å². The Bertz CT molecular complexity index is 949. The Morgan fingerprint density at radius 2 is 1.70 bits per heavy atom. The van der Waals surface area contributed by atoms with Crippen LogP contribution in [0.25, 0.3) is 11.3 Å². The Morgan fingerprint density at radius 3 is 2.50 bits per heavy atom. The molecule has 1 aliphatic heterocycles. The number of rotatable bonds is 7. The van der Waals surface area contributed by atoms with Crippen LogP contribution < -0.4 is 0 Å². The first kappa shape index (κ1) is 20.5. The number of piperazine rings is 1. The molecule has 1 aliphatic rings. The SMILES string of the molecule is CN1CCN(Cc2cccc(-c3ccnc(CCCc4ccc(O)cc4)n3)c2)CC1. The molecule has 3 aromatic rings. The summed E-state index contributed by atoms with van der Waals surface area (Å²) in [6.45, 7) is 5.52. The molecule has 5 nitrogen and oxygen atoms in total. The maximum atomic E-state index is 9.40. The Morgan fingerprint density at radius 1 is 0.900 bits per heavy atom. The Balaban J connectivity index is 1.37. The zero-order valence-electron chi connectivity index (χ0n) is 17.7. The monoisotopic (exact) mass is 402 g/mol. The molecule has 1 saturated heterocycles. The molecule has 0 amide bonds. The second-order valence-electron chi connectivity index (χ2n) is 8.16. The number of hydrogen-bond donors (Lipinski definition) is 1. The van der Waals surface area contributed by atoms with E-state index in [4.69, 9.17) is 4.98 Å². The summed E-state index contributed by atoms with van der Waals surface area (Å²) in [7, 11) is 2.19. The summed E-state index contributed by atoms with van der Waals surface area (Å²) in [6.07, 6.45) is 4.65. The summed E-state index contributed by atoms with van der Waals surface area (Å²) in [5, 5.41) is 9.40. The minimum atomic E-state index is 0.310. The maximum Gasteiger partial charge on any atom is 0.128 e. The van der Waals surface area contributed by atoms with Gasteiger partial charge < -0.3 is 10.0 Å². The molecule has 1 fully saturated rings. The van der Waals surface area contributed by atoms with E-state index in [-0.39, 0.29) is 0 Å². The number of aromatic nitrogens is 2. The minimum absolute atomic E-state index is 0.310. The van der Waals surface area contributed by atoms with Crippen LogP contribution in [0.3, 0.4) is 0 Å². The average Bonchev–Trinajstić information content (AvgIpc) is 2.77. The van der Waals surface area contributed by atoms with Crippen molar-refractivity contribution in [1.82, 2.24) is 19.8 Å². The highest BCUT2D eigenvalue weighted by molar-refractivity contribution is 5.59. The highest BCUT2D eigenvalue weighted by Crippen LogP contribution is 2.20. The molecule has 30 heavy (non-hydrogen) atoms. The fourth-order valence-electron chi connectivity index (χ4n) is 3.89. The van der Waals surface area contributed by atoms with E-state index in [9.17, 15) is 5.11 Å². The number of benzene rings is 2. The van der Waals surface area contributed by atoms with Gasteiger partial charge in [-0.3, -0.25) is 4.90 Å². The third-order valence-corrected chi connectivity index (χ3v) is 5.73. The summed E-state index contributed by atoms with van der Waals surface area (Å²) in [6, 6.07) is 18.2. The van der Waals surface area contributed by atoms with Gasteiger partial charge in [-0.25, -0.2) is 9.97 Å². The number of phenolic OH excluding ortho intramolecular Hbond substituents is 1. The van der Waals surface area contributed by atoms with Crippen molar-refractivity contribution in [2.45, 2.75) is 25.8 Å². The van der Waals surface area contributed by atoms with Gasteiger partial charge in [-0.1, -0.05) is 30.3 Å². The second-order valence-corrected chi connectivity index (χ2v) is 8.16. The van der Waals surface area contributed by atoms with E-state index in [0.29, 0.717) is 5.75 Å². The average molecular weight is 403 g/mol. The number of nitrogens with zero attached hydrogens (tertiary/aromatic N) is 4. The van der Waals surface area contributed by atoms with Crippen LogP contribution in [-0.2, 0) is 19.4 Å². The van der Waals surface area contributed by atoms with Gasteiger partial charge in [-0.15, -0.1) is 0 Å². The zero-order valence-corrected chi connectivity index (χ0v) is 17.7. The molecule has 0 spiro atoms. The Labute approximate surface area is 179 Å². The summed E-state index contributed by atoms with van der Waals surface area (Å²) >= 11 is 0. The molecular weight excluding hydrogens is 372 g/mol. The number of aryl methyl sites for hydroxylation is 2. The molecule has 2 heterocycles. The van der Waals surface area contributed by atoms with E-state index in [0.717, 1.165) is 69.1 Å². The number of aromatic hydroxyl groups is 1. The molecule has 2 aromatic carbocycles. The Hall–Kier alpha value is -2.76.